The van der Waals surface area contributed by atoms with Gasteiger partial charge in [0.05, 0.1) is 6.61 Å². The molecule has 1 saturated carbocycles. The molecular formula is C15H18N2O2S. The van der Waals surface area contributed by atoms with Crippen molar-refractivity contribution in [2.75, 3.05) is 11.9 Å². The molecule has 1 aromatic carbocycles. The summed E-state index contributed by atoms with van der Waals surface area (Å²) < 4.78 is 6.13. The van der Waals surface area contributed by atoms with E-state index in [0.717, 1.165) is 23.8 Å². The van der Waals surface area contributed by atoms with Crippen molar-refractivity contribution in [3.63, 3.8) is 0 Å². The molecule has 0 radical (unpaired) electrons. The highest BCUT2D eigenvalue weighted by molar-refractivity contribution is 8.02. The fourth-order valence-corrected chi connectivity index (χ4v) is 3.07. The van der Waals surface area contributed by atoms with Crippen molar-refractivity contribution in [1.82, 2.24) is 5.32 Å². The summed E-state index contributed by atoms with van der Waals surface area (Å²) in [4.78, 5) is 10.6. The van der Waals surface area contributed by atoms with Gasteiger partial charge in [-0.25, -0.2) is 0 Å². The summed E-state index contributed by atoms with van der Waals surface area (Å²) in [5.74, 6) is 0.730. The zero-order valence-corrected chi connectivity index (χ0v) is 11.9. The maximum absolute atomic E-state index is 10.6. The minimum Gasteiger partial charge on any atom is -0.376 e. The van der Waals surface area contributed by atoms with Crippen LogP contribution >= 0.6 is 11.8 Å². The quantitative estimate of drug-likeness (QED) is 0.758. The van der Waals surface area contributed by atoms with Crippen LogP contribution in [0.1, 0.15) is 24.5 Å². The lowest BCUT2D eigenvalue weighted by Crippen LogP contribution is -2.27. The Hall–Kier alpha value is -1.46. The van der Waals surface area contributed by atoms with Gasteiger partial charge in [0.2, 0.25) is 6.41 Å². The summed E-state index contributed by atoms with van der Waals surface area (Å²) in [7, 11) is 0. The number of thioether (sulfide) groups is 1. The topological polar surface area (TPSA) is 50.4 Å². The van der Waals surface area contributed by atoms with Crippen molar-refractivity contribution in [3.8, 4) is 0 Å². The van der Waals surface area contributed by atoms with E-state index >= 15 is 0 Å². The maximum Gasteiger partial charge on any atom is 0.211 e. The van der Waals surface area contributed by atoms with E-state index in [2.05, 4.69) is 10.6 Å². The van der Waals surface area contributed by atoms with E-state index in [4.69, 9.17) is 4.74 Å². The van der Waals surface area contributed by atoms with E-state index in [-0.39, 0.29) is 11.5 Å². The fourth-order valence-electron chi connectivity index (χ4n) is 2.21. The molecule has 3 rings (SSSR count). The number of carbonyl (C=O) groups is 1. The van der Waals surface area contributed by atoms with E-state index < -0.39 is 0 Å². The van der Waals surface area contributed by atoms with E-state index in [9.17, 15) is 4.79 Å². The summed E-state index contributed by atoms with van der Waals surface area (Å²) in [6, 6.07) is 7.85. The SMILES string of the molecule is O=CNc1cccc(C(OCC2CC2)C2NC=CS2)c1. The number of anilines is 1. The highest BCUT2D eigenvalue weighted by Crippen LogP contribution is 2.36. The molecule has 2 N–H and O–H groups in total. The van der Waals surface area contributed by atoms with Gasteiger partial charge in [0.1, 0.15) is 11.5 Å². The molecule has 2 aliphatic rings. The first-order valence-corrected chi connectivity index (χ1v) is 7.79. The predicted molar refractivity (Wildman–Crippen MR) is 81.2 cm³/mol. The zero-order valence-electron chi connectivity index (χ0n) is 11.1. The highest BCUT2D eigenvalue weighted by atomic mass is 32.2. The van der Waals surface area contributed by atoms with Crippen LogP contribution in [0.15, 0.2) is 35.9 Å². The molecule has 1 aromatic rings. The number of benzene rings is 1. The minimum atomic E-state index is -0.0102. The molecule has 2 atom stereocenters. The Morgan fingerprint density at radius 3 is 3.10 bits per heavy atom. The second-order valence-corrected chi connectivity index (χ2v) is 6.16. The minimum absolute atomic E-state index is 0.0102. The average molecular weight is 290 g/mol. The third kappa shape index (κ3) is 3.35. The number of nitrogens with one attached hydrogen (secondary N) is 2. The van der Waals surface area contributed by atoms with Gasteiger partial charge in [0, 0.05) is 11.9 Å². The second-order valence-electron chi connectivity index (χ2n) is 5.11. The Labute approximate surface area is 123 Å². The molecule has 1 aliphatic carbocycles. The van der Waals surface area contributed by atoms with Gasteiger partial charge < -0.3 is 15.4 Å². The molecule has 1 fully saturated rings. The Morgan fingerprint density at radius 2 is 2.40 bits per heavy atom. The van der Waals surface area contributed by atoms with Gasteiger partial charge in [-0.15, -0.1) is 11.8 Å². The van der Waals surface area contributed by atoms with Crippen LogP contribution in [0.5, 0.6) is 0 Å². The standard InChI is InChI=1S/C15H18N2O2S/c18-10-17-13-3-1-2-12(8-13)14(15-16-6-7-20-15)19-9-11-4-5-11/h1-3,6-8,10-11,14-16H,4-5,9H2,(H,17,18). The van der Waals surface area contributed by atoms with Crippen molar-refractivity contribution in [1.29, 1.82) is 0 Å². The van der Waals surface area contributed by atoms with Crippen LogP contribution in [0.3, 0.4) is 0 Å². The van der Waals surface area contributed by atoms with Gasteiger partial charge in [0.15, 0.2) is 0 Å². The molecule has 20 heavy (non-hydrogen) atoms. The summed E-state index contributed by atoms with van der Waals surface area (Å²) in [6.07, 6.45) is 5.20. The molecule has 0 bridgehead atoms. The first-order valence-electron chi connectivity index (χ1n) is 6.85. The number of amides is 1. The Morgan fingerprint density at radius 1 is 1.50 bits per heavy atom. The summed E-state index contributed by atoms with van der Waals surface area (Å²) in [6.45, 7) is 0.814. The van der Waals surface area contributed by atoms with E-state index in [1.165, 1.54) is 12.8 Å². The maximum atomic E-state index is 10.6. The van der Waals surface area contributed by atoms with Gasteiger partial charge in [-0.3, -0.25) is 4.79 Å². The molecule has 2 unspecified atom stereocenters. The Bertz CT molecular complexity index is 494. The largest absolute Gasteiger partial charge is 0.376 e. The van der Waals surface area contributed by atoms with E-state index in [1.54, 1.807) is 11.8 Å². The summed E-state index contributed by atoms with van der Waals surface area (Å²) >= 11 is 1.73. The summed E-state index contributed by atoms with van der Waals surface area (Å²) in [5, 5.41) is 8.25. The van der Waals surface area contributed by atoms with Crippen LogP contribution in [0.4, 0.5) is 5.69 Å². The Kier molecular flexibility index (Phi) is 4.28. The second kappa shape index (κ2) is 6.33. The predicted octanol–water partition coefficient (Wildman–Crippen LogP) is 2.86. The number of ether oxygens (including phenoxy) is 1. The van der Waals surface area contributed by atoms with Crippen LogP contribution in [-0.2, 0) is 9.53 Å². The van der Waals surface area contributed by atoms with Crippen LogP contribution < -0.4 is 10.6 Å². The number of hydrogen-bond donors (Lipinski definition) is 2. The van der Waals surface area contributed by atoms with Gasteiger partial charge >= 0.3 is 0 Å². The molecule has 5 heteroatoms. The van der Waals surface area contributed by atoms with Gasteiger partial charge in [-0.1, -0.05) is 12.1 Å². The Balaban J connectivity index is 1.75. The van der Waals surface area contributed by atoms with Gasteiger partial charge in [-0.2, -0.15) is 0 Å². The monoisotopic (exact) mass is 290 g/mol. The average Bonchev–Trinajstić information content (AvgIpc) is 3.13. The van der Waals surface area contributed by atoms with Gasteiger partial charge in [0.25, 0.3) is 0 Å². The highest BCUT2D eigenvalue weighted by Gasteiger charge is 2.29. The van der Waals surface area contributed by atoms with Crippen LogP contribution in [0, 0.1) is 5.92 Å². The lowest BCUT2D eigenvalue weighted by molar-refractivity contribution is -0.105. The van der Waals surface area contributed by atoms with Crippen LogP contribution in [0.2, 0.25) is 0 Å². The zero-order chi connectivity index (χ0) is 13.8. The molecule has 0 aromatic heterocycles. The molecular weight excluding hydrogens is 272 g/mol. The van der Waals surface area contributed by atoms with E-state index in [0.29, 0.717) is 6.41 Å². The van der Waals surface area contributed by atoms with Crippen LogP contribution in [-0.4, -0.2) is 18.4 Å². The molecule has 1 amide bonds. The van der Waals surface area contributed by atoms with Crippen molar-refractivity contribution < 1.29 is 9.53 Å². The van der Waals surface area contributed by atoms with Crippen molar-refractivity contribution in [3.05, 3.63) is 41.4 Å². The molecule has 1 heterocycles. The number of rotatable bonds is 7. The molecule has 0 spiro atoms. The van der Waals surface area contributed by atoms with Crippen LogP contribution in [0.25, 0.3) is 0 Å². The van der Waals surface area contributed by atoms with Gasteiger partial charge in [-0.05, 0) is 41.9 Å². The normalized spacial score (nSPS) is 22.3. The third-order valence-electron chi connectivity index (χ3n) is 3.48. The smallest absolute Gasteiger partial charge is 0.211 e. The molecule has 1 aliphatic heterocycles. The fraction of sp³-hybridized carbons (Fsp3) is 0.400. The first kappa shape index (κ1) is 13.5. The lowest BCUT2D eigenvalue weighted by atomic mass is 10.1. The number of hydrogen-bond acceptors (Lipinski definition) is 4. The van der Waals surface area contributed by atoms with Crippen molar-refractivity contribution in [2.24, 2.45) is 5.92 Å². The molecule has 106 valence electrons. The molecule has 0 saturated heterocycles. The molecule has 4 nitrogen and oxygen atoms in total. The van der Waals surface area contributed by atoms with Crippen molar-refractivity contribution >= 4 is 23.9 Å². The van der Waals surface area contributed by atoms with Crippen molar-refractivity contribution in [2.45, 2.75) is 24.3 Å². The lowest BCUT2D eigenvalue weighted by Gasteiger charge is -2.24. The first-order chi connectivity index (χ1) is 9.86. The summed E-state index contributed by atoms with van der Waals surface area (Å²) in [5.41, 5.74) is 1.89. The number of carbonyl (C=O) groups excluding carboxylic acids is 1. The third-order valence-corrected chi connectivity index (χ3v) is 4.45. The van der Waals surface area contributed by atoms with E-state index in [1.807, 2.05) is 35.9 Å².